The van der Waals surface area contributed by atoms with Crippen molar-refractivity contribution >= 4 is 11.6 Å². The Labute approximate surface area is 192 Å². The Morgan fingerprint density at radius 2 is 1.45 bits per heavy atom. The molecule has 0 aromatic heterocycles. The Morgan fingerprint density at radius 3 is 2.13 bits per heavy atom. The minimum atomic E-state index is 0.796. The molecule has 0 atom stereocenters. The maximum Gasteiger partial charge on any atom is 0.0406 e. The van der Waals surface area contributed by atoms with E-state index in [0.29, 0.717) is 0 Å². The highest BCUT2D eigenvalue weighted by atomic mass is 35.5. The van der Waals surface area contributed by atoms with Gasteiger partial charge in [-0.15, -0.1) is 0 Å². The van der Waals surface area contributed by atoms with E-state index in [-0.39, 0.29) is 0 Å². The Balaban J connectivity index is 0.000000334. The predicted octanol–water partition coefficient (Wildman–Crippen LogP) is 6.65. The summed E-state index contributed by atoms with van der Waals surface area (Å²) in [6, 6.07) is 23.9. The number of hydrogen-bond acceptors (Lipinski definition) is 2. The first-order chi connectivity index (χ1) is 15.1. The third kappa shape index (κ3) is 5.77. The standard InChI is InChI=1S/C23H22ClN.C5H11N/c1-2-25(15-17-7-10-21(24)11-8-17)16-18-9-12-23-20(13-18)14-19-5-3-4-6-22(19)23;1-6-4-2-3-5-6/h3-13H,2,14-16H2,1H3;2-5H2,1H3. The fourth-order valence-corrected chi connectivity index (χ4v) is 4.68. The Bertz CT molecular complexity index is 990. The average Bonchev–Trinajstić information content (AvgIpc) is 3.41. The molecule has 0 bridgehead atoms. The molecule has 5 rings (SSSR count). The number of halogens is 1. The summed E-state index contributed by atoms with van der Waals surface area (Å²) in [4.78, 5) is 4.83. The number of likely N-dealkylation sites (tertiary alicyclic amines) is 1. The molecule has 0 unspecified atom stereocenters. The van der Waals surface area contributed by atoms with Crippen molar-refractivity contribution in [3.05, 3.63) is 94.0 Å². The van der Waals surface area contributed by atoms with Crippen molar-refractivity contribution in [3.8, 4) is 11.1 Å². The fraction of sp³-hybridized carbons (Fsp3) is 0.357. The van der Waals surface area contributed by atoms with Gasteiger partial charge < -0.3 is 4.90 Å². The summed E-state index contributed by atoms with van der Waals surface area (Å²) in [5.41, 5.74) is 8.41. The second-order valence-electron chi connectivity index (χ2n) is 8.77. The molecule has 31 heavy (non-hydrogen) atoms. The summed E-state index contributed by atoms with van der Waals surface area (Å²) in [5, 5.41) is 0.796. The molecule has 0 N–H and O–H groups in total. The van der Waals surface area contributed by atoms with Gasteiger partial charge in [0.1, 0.15) is 0 Å². The number of rotatable bonds is 5. The number of fused-ring (bicyclic) bond motifs is 3. The number of hydrogen-bond donors (Lipinski definition) is 0. The van der Waals surface area contributed by atoms with Gasteiger partial charge in [-0.25, -0.2) is 0 Å². The summed E-state index contributed by atoms with van der Waals surface area (Å²) < 4.78 is 0. The van der Waals surface area contributed by atoms with Crippen LogP contribution in [0.25, 0.3) is 11.1 Å². The third-order valence-corrected chi connectivity index (χ3v) is 6.61. The third-order valence-electron chi connectivity index (χ3n) is 6.36. The van der Waals surface area contributed by atoms with Crippen LogP contribution in [-0.4, -0.2) is 36.5 Å². The van der Waals surface area contributed by atoms with Gasteiger partial charge in [-0.3, -0.25) is 4.90 Å². The minimum Gasteiger partial charge on any atom is -0.306 e. The van der Waals surface area contributed by atoms with Crippen LogP contribution in [0.2, 0.25) is 5.02 Å². The predicted molar refractivity (Wildman–Crippen MR) is 133 cm³/mol. The van der Waals surface area contributed by atoms with Crippen molar-refractivity contribution in [1.29, 1.82) is 0 Å². The van der Waals surface area contributed by atoms with E-state index in [1.165, 1.54) is 59.3 Å². The molecule has 1 aliphatic heterocycles. The van der Waals surface area contributed by atoms with Gasteiger partial charge in [-0.1, -0.05) is 73.1 Å². The molecule has 2 nitrogen and oxygen atoms in total. The van der Waals surface area contributed by atoms with Gasteiger partial charge in [-0.05, 0) is 91.5 Å². The fourth-order valence-electron chi connectivity index (χ4n) is 4.56. The van der Waals surface area contributed by atoms with Gasteiger partial charge in [0.2, 0.25) is 0 Å². The van der Waals surface area contributed by atoms with E-state index in [2.05, 4.69) is 78.4 Å². The van der Waals surface area contributed by atoms with E-state index in [0.717, 1.165) is 31.1 Å². The van der Waals surface area contributed by atoms with E-state index in [4.69, 9.17) is 11.6 Å². The van der Waals surface area contributed by atoms with Crippen molar-refractivity contribution < 1.29 is 0 Å². The first kappa shape index (κ1) is 22.1. The van der Waals surface area contributed by atoms with E-state index < -0.39 is 0 Å². The molecule has 0 amide bonds. The van der Waals surface area contributed by atoms with Gasteiger partial charge in [0.05, 0.1) is 0 Å². The molecule has 1 heterocycles. The average molecular weight is 433 g/mol. The topological polar surface area (TPSA) is 6.48 Å². The molecule has 1 aliphatic carbocycles. The maximum absolute atomic E-state index is 5.99. The van der Waals surface area contributed by atoms with E-state index in [9.17, 15) is 0 Å². The molecular formula is C28H33ClN2. The minimum absolute atomic E-state index is 0.796. The lowest BCUT2D eigenvalue weighted by Crippen LogP contribution is -2.22. The molecule has 0 spiro atoms. The monoisotopic (exact) mass is 432 g/mol. The van der Waals surface area contributed by atoms with Crippen molar-refractivity contribution in [1.82, 2.24) is 9.80 Å². The molecule has 2 aliphatic rings. The van der Waals surface area contributed by atoms with Crippen LogP contribution in [0.15, 0.2) is 66.7 Å². The first-order valence-electron chi connectivity index (χ1n) is 11.5. The highest BCUT2D eigenvalue weighted by Crippen LogP contribution is 2.36. The van der Waals surface area contributed by atoms with E-state index >= 15 is 0 Å². The molecule has 162 valence electrons. The molecule has 1 fully saturated rings. The Morgan fingerprint density at radius 1 is 0.806 bits per heavy atom. The zero-order chi connectivity index (χ0) is 21.6. The summed E-state index contributed by atoms with van der Waals surface area (Å²) in [6.45, 7) is 7.81. The summed E-state index contributed by atoms with van der Waals surface area (Å²) in [6.07, 6.45) is 3.88. The quantitative estimate of drug-likeness (QED) is 0.348. The maximum atomic E-state index is 5.99. The largest absolute Gasteiger partial charge is 0.306 e. The van der Waals surface area contributed by atoms with Gasteiger partial charge in [0.15, 0.2) is 0 Å². The Kier molecular flexibility index (Phi) is 7.45. The van der Waals surface area contributed by atoms with Gasteiger partial charge >= 0.3 is 0 Å². The zero-order valence-corrected chi connectivity index (χ0v) is 19.5. The van der Waals surface area contributed by atoms with Gasteiger partial charge in [0, 0.05) is 18.1 Å². The number of nitrogens with zero attached hydrogens (tertiary/aromatic N) is 2. The van der Waals surface area contributed by atoms with Crippen LogP contribution in [0.5, 0.6) is 0 Å². The highest BCUT2D eigenvalue weighted by Gasteiger charge is 2.18. The van der Waals surface area contributed by atoms with Crippen molar-refractivity contribution in [2.75, 3.05) is 26.7 Å². The van der Waals surface area contributed by atoms with Crippen LogP contribution < -0.4 is 0 Å². The molecule has 3 heteroatoms. The van der Waals surface area contributed by atoms with Crippen LogP contribution in [0, 0.1) is 0 Å². The molecule has 3 aromatic rings. The van der Waals surface area contributed by atoms with Crippen molar-refractivity contribution in [3.63, 3.8) is 0 Å². The lowest BCUT2D eigenvalue weighted by atomic mass is 10.0. The summed E-state index contributed by atoms with van der Waals surface area (Å²) >= 11 is 5.99. The number of benzene rings is 3. The lowest BCUT2D eigenvalue weighted by Gasteiger charge is -2.21. The van der Waals surface area contributed by atoms with E-state index in [1.54, 1.807) is 0 Å². The van der Waals surface area contributed by atoms with Gasteiger partial charge in [-0.2, -0.15) is 0 Å². The van der Waals surface area contributed by atoms with Crippen LogP contribution in [-0.2, 0) is 19.5 Å². The first-order valence-corrected chi connectivity index (χ1v) is 11.9. The second-order valence-corrected chi connectivity index (χ2v) is 9.20. The molecule has 0 saturated carbocycles. The van der Waals surface area contributed by atoms with Crippen LogP contribution in [0.3, 0.4) is 0 Å². The van der Waals surface area contributed by atoms with Crippen molar-refractivity contribution in [2.24, 2.45) is 0 Å². The van der Waals surface area contributed by atoms with Gasteiger partial charge in [0.25, 0.3) is 0 Å². The Hall–Kier alpha value is -2.13. The normalized spacial score (nSPS) is 14.8. The molecular weight excluding hydrogens is 400 g/mol. The van der Waals surface area contributed by atoms with Crippen molar-refractivity contribution in [2.45, 2.75) is 39.3 Å². The lowest BCUT2D eigenvalue weighted by molar-refractivity contribution is 0.271. The van der Waals surface area contributed by atoms with Crippen LogP contribution in [0.1, 0.15) is 42.0 Å². The van der Waals surface area contributed by atoms with Crippen LogP contribution >= 0.6 is 11.6 Å². The summed E-state index contributed by atoms with van der Waals surface area (Å²) in [7, 11) is 2.17. The smallest absolute Gasteiger partial charge is 0.0406 e. The SMILES string of the molecule is CCN(Cc1ccc(Cl)cc1)Cc1ccc2c(c1)Cc1ccccc1-2.CN1CCCC1. The van der Waals surface area contributed by atoms with Crippen LogP contribution in [0.4, 0.5) is 0 Å². The second kappa shape index (κ2) is 10.5. The highest BCUT2D eigenvalue weighted by molar-refractivity contribution is 6.30. The molecule has 3 aromatic carbocycles. The molecule has 1 saturated heterocycles. The van der Waals surface area contributed by atoms with E-state index in [1.807, 2.05) is 12.1 Å². The molecule has 0 radical (unpaired) electrons. The summed E-state index contributed by atoms with van der Waals surface area (Å²) in [5.74, 6) is 0. The zero-order valence-electron chi connectivity index (χ0n) is 18.8.